The number of amides is 4. The molecule has 8 heteroatoms. The molecule has 0 radical (unpaired) electrons. The lowest BCUT2D eigenvalue weighted by Gasteiger charge is -2.34. The molecule has 2 heterocycles. The number of halogens is 2. The smallest absolute Gasteiger partial charge is 0.325 e. The Labute approximate surface area is 150 Å². The van der Waals surface area contributed by atoms with Crippen LogP contribution in [0, 0.1) is 11.6 Å². The largest absolute Gasteiger partial charge is 0.338 e. The minimum atomic E-state index is -1.75. The number of hydrogen-bond acceptors (Lipinski definition) is 3. The summed E-state index contributed by atoms with van der Waals surface area (Å²) in [4.78, 5) is 40.0. The van der Waals surface area contributed by atoms with Gasteiger partial charge in [-0.25, -0.2) is 13.6 Å². The predicted octanol–water partition coefficient (Wildman–Crippen LogP) is 2.13. The summed E-state index contributed by atoms with van der Waals surface area (Å²) in [7, 11) is 0. The van der Waals surface area contributed by atoms with Crippen LogP contribution < -0.4 is 5.32 Å². The first kappa shape index (κ1) is 18.3. The lowest BCUT2D eigenvalue weighted by molar-refractivity contribution is -0.140. The number of urea groups is 1. The standard InChI is InChI=1S/C18H21F2N3O3/c1-11-5-3-4-8-22(11)15(24)10-23-16(25)18(2,21-17(23)26)13-9-12(19)6-7-14(13)20/h6-7,9,11H,3-5,8,10H2,1-2H3,(H,21,26)/t11-,18-/m0/s1. The second-order valence-corrected chi connectivity index (χ2v) is 7.00. The van der Waals surface area contributed by atoms with Gasteiger partial charge in [0, 0.05) is 18.2 Å². The van der Waals surface area contributed by atoms with Gasteiger partial charge in [0.05, 0.1) is 0 Å². The van der Waals surface area contributed by atoms with Crippen molar-refractivity contribution < 1.29 is 23.2 Å². The fourth-order valence-electron chi connectivity index (χ4n) is 3.60. The van der Waals surface area contributed by atoms with Crippen molar-refractivity contribution in [2.75, 3.05) is 13.1 Å². The Kier molecular flexibility index (Phi) is 4.68. The van der Waals surface area contributed by atoms with Crippen LogP contribution in [-0.2, 0) is 15.1 Å². The minimum absolute atomic E-state index is 0.0454. The molecule has 2 atom stereocenters. The highest BCUT2D eigenvalue weighted by Gasteiger charge is 2.51. The summed E-state index contributed by atoms with van der Waals surface area (Å²) in [6.45, 7) is 3.40. The molecule has 0 aliphatic carbocycles. The third-order valence-corrected chi connectivity index (χ3v) is 5.16. The summed E-state index contributed by atoms with van der Waals surface area (Å²) in [6, 6.07) is 1.97. The Bertz CT molecular complexity index is 770. The SMILES string of the molecule is C[C@H]1CCCCN1C(=O)CN1C(=O)N[C@@](C)(c2cc(F)ccc2F)C1=O. The second kappa shape index (κ2) is 6.66. The number of carbonyl (C=O) groups is 3. The Morgan fingerprint density at radius 3 is 2.73 bits per heavy atom. The van der Waals surface area contributed by atoms with Crippen LogP contribution >= 0.6 is 0 Å². The van der Waals surface area contributed by atoms with Crippen LogP contribution in [0.3, 0.4) is 0 Å². The third-order valence-electron chi connectivity index (χ3n) is 5.16. The van der Waals surface area contributed by atoms with Crippen molar-refractivity contribution in [2.24, 2.45) is 0 Å². The molecule has 0 aromatic heterocycles. The Hall–Kier alpha value is -2.51. The fraction of sp³-hybridized carbons (Fsp3) is 0.500. The molecule has 140 valence electrons. The molecule has 0 bridgehead atoms. The van der Waals surface area contributed by atoms with Crippen molar-refractivity contribution in [1.82, 2.24) is 15.1 Å². The highest BCUT2D eigenvalue weighted by molar-refractivity contribution is 6.09. The molecule has 2 saturated heterocycles. The summed E-state index contributed by atoms with van der Waals surface area (Å²) in [5.74, 6) is -2.63. The van der Waals surface area contributed by atoms with Gasteiger partial charge >= 0.3 is 6.03 Å². The van der Waals surface area contributed by atoms with Crippen molar-refractivity contribution >= 4 is 17.8 Å². The second-order valence-electron chi connectivity index (χ2n) is 7.00. The fourth-order valence-corrected chi connectivity index (χ4v) is 3.60. The molecule has 6 nitrogen and oxygen atoms in total. The number of carbonyl (C=O) groups excluding carboxylic acids is 3. The van der Waals surface area contributed by atoms with E-state index < -0.39 is 35.7 Å². The zero-order valence-corrected chi connectivity index (χ0v) is 14.7. The van der Waals surface area contributed by atoms with Crippen molar-refractivity contribution in [3.05, 3.63) is 35.4 Å². The number of nitrogens with zero attached hydrogens (tertiary/aromatic N) is 2. The highest BCUT2D eigenvalue weighted by atomic mass is 19.1. The molecule has 0 saturated carbocycles. The maximum atomic E-state index is 14.1. The van der Waals surface area contributed by atoms with Crippen LogP contribution in [0.5, 0.6) is 0 Å². The molecule has 0 spiro atoms. The molecule has 3 rings (SSSR count). The number of likely N-dealkylation sites (tertiary alicyclic amines) is 1. The van der Waals surface area contributed by atoms with E-state index >= 15 is 0 Å². The summed E-state index contributed by atoms with van der Waals surface area (Å²) < 4.78 is 27.7. The predicted molar refractivity (Wildman–Crippen MR) is 89.0 cm³/mol. The molecule has 1 N–H and O–H groups in total. The zero-order valence-electron chi connectivity index (χ0n) is 14.7. The van der Waals surface area contributed by atoms with Crippen molar-refractivity contribution in [3.63, 3.8) is 0 Å². The Morgan fingerprint density at radius 2 is 2.04 bits per heavy atom. The van der Waals surface area contributed by atoms with Crippen LogP contribution in [-0.4, -0.2) is 46.8 Å². The van der Waals surface area contributed by atoms with Gasteiger partial charge in [-0.15, -0.1) is 0 Å². The molecule has 26 heavy (non-hydrogen) atoms. The normalized spacial score (nSPS) is 26.2. The molecule has 0 unspecified atom stereocenters. The third kappa shape index (κ3) is 3.04. The van der Waals surface area contributed by atoms with E-state index in [0.29, 0.717) is 6.54 Å². The molecule has 2 fully saturated rings. The van der Waals surface area contributed by atoms with Crippen molar-refractivity contribution in [3.8, 4) is 0 Å². The summed E-state index contributed by atoms with van der Waals surface area (Å²) >= 11 is 0. The first-order chi connectivity index (χ1) is 12.2. The van der Waals surface area contributed by atoms with Gasteiger partial charge in [-0.05, 0) is 51.3 Å². The van der Waals surface area contributed by atoms with Gasteiger partial charge in [-0.3, -0.25) is 14.5 Å². The lowest BCUT2D eigenvalue weighted by Crippen LogP contribution is -2.48. The molecule has 2 aliphatic rings. The van der Waals surface area contributed by atoms with E-state index in [1.54, 1.807) is 4.90 Å². The van der Waals surface area contributed by atoms with E-state index in [0.717, 1.165) is 42.4 Å². The molecule has 4 amide bonds. The average Bonchev–Trinajstić information content (AvgIpc) is 2.81. The van der Waals surface area contributed by atoms with Crippen molar-refractivity contribution in [1.29, 1.82) is 0 Å². The van der Waals surface area contributed by atoms with E-state index in [1.807, 2.05) is 6.92 Å². The quantitative estimate of drug-likeness (QED) is 0.835. The van der Waals surface area contributed by atoms with E-state index in [9.17, 15) is 23.2 Å². The van der Waals surface area contributed by atoms with Crippen LogP contribution in [0.1, 0.15) is 38.7 Å². The van der Waals surface area contributed by atoms with Crippen LogP contribution in [0.15, 0.2) is 18.2 Å². The maximum Gasteiger partial charge on any atom is 0.325 e. The topological polar surface area (TPSA) is 69.7 Å². The number of imide groups is 1. The zero-order chi connectivity index (χ0) is 19.1. The van der Waals surface area contributed by atoms with Crippen LogP contribution in [0.4, 0.5) is 13.6 Å². The Balaban J connectivity index is 1.82. The average molecular weight is 365 g/mol. The van der Waals surface area contributed by atoms with Gasteiger partial charge < -0.3 is 10.2 Å². The van der Waals surface area contributed by atoms with Gasteiger partial charge in [0.15, 0.2) is 0 Å². The maximum absolute atomic E-state index is 14.1. The summed E-state index contributed by atoms with van der Waals surface area (Å²) in [6.07, 6.45) is 2.78. The number of nitrogens with one attached hydrogen (secondary N) is 1. The van der Waals surface area contributed by atoms with Gasteiger partial charge in [-0.1, -0.05) is 0 Å². The number of piperidine rings is 1. The Morgan fingerprint density at radius 1 is 1.31 bits per heavy atom. The number of hydrogen-bond donors (Lipinski definition) is 1. The van der Waals surface area contributed by atoms with Crippen molar-refractivity contribution in [2.45, 2.75) is 44.7 Å². The molecule has 1 aromatic rings. The van der Waals surface area contributed by atoms with E-state index in [4.69, 9.17) is 0 Å². The number of rotatable bonds is 3. The van der Waals surface area contributed by atoms with Gasteiger partial charge in [0.2, 0.25) is 5.91 Å². The van der Waals surface area contributed by atoms with Gasteiger partial charge in [-0.2, -0.15) is 0 Å². The minimum Gasteiger partial charge on any atom is -0.338 e. The summed E-state index contributed by atoms with van der Waals surface area (Å²) in [5.41, 5.74) is -2.02. The summed E-state index contributed by atoms with van der Waals surface area (Å²) in [5, 5.41) is 2.39. The molecule has 2 aliphatic heterocycles. The monoisotopic (exact) mass is 365 g/mol. The van der Waals surface area contributed by atoms with Gasteiger partial charge in [0.1, 0.15) is 23.7 Å². The van der Waals surface area contributed by atoms with Crippen LogP contribution in [0.25, 0.3) is 0 Å². The molecular weight excluding hydrogens is 344 g/mol. The molecular formula is C18H21F2N3O3. The lowest BCUT2D eigenvalue weighted by atomic mass is 9.91. The van der Waals surface area contributed by atoms with Gasteiger partial charge in [0.25, 0.3) is 5.91 Å². The van der Waals surface area contributed by atoms with E-state index in [2.05, 4.69) is 5.32 Å². The highest BCUT2D eigenvalue weighted by Crippen LogP contribution is 2.31. The van der Waals surface area contributed by atoms with E-state index in [-0.39, 0.29) is 17.5 Å². The first-order valence-corrected chi connectivity index (χ1v) is 8.63. The number of benzene rings is 1. The van der Waals surface area contributed by atoms with Crippen LogP contribution in [0.2, 0.25) is 0 Å². The van der Waals surface area contributed by atoms with E-state index in [1.165, 1.54) is 6.92 Å². The molecule has 1 aromatic carbocycles. The first-order valence-electron chi connectivity index (χ1n) is 8.63.